The molecular weight excluding hydrogens is 425 g/mol. The van der Waals surface area contributed by atoms with Crippen LogP contribution in [0.2, 0.25) is 10.0 Å². The molecular formula is C21H23Cl2N5O2. The number of benzene rings is 1. The lowest BCUT2D eigenvalue weighted by Crippen LogP contribution is -2.37. The number of aromatic amines is 1. The maximum atomic E-state index is 12.6. The van der Waals surface area contributed by atoms with E-state index in [4.69, 9.17) is 27.9 Å². The van der Waals surface area contributed by atoms with Crippen LogP contribution in [-0.4, -0.2) is 34.0 Å². The van der Waals surface area contributed by atoms with E-state index in [9.17, 15) is 4.79 Å². The molecule has 158 valence electrons. The molecule has 1 amide bonds. The standard InChI is InChI=1S/C21H23Cl2N5O2/c1-10(2)26-21(29)11-4-5-15-12(6-11)18-19(27-15)24-9-25-20(18)28-16-7-13(22)14(23)8-17(16)30-3/h7-11H,4-6H2,1-3H3,(H,26,29)(H2,24,25,27,28)/t11-/m0/s1. The summed E-state index contributed by atoms with van der Waals surface area (Å²) in [6, 6.07) is 3.47. The maximum Gasteiger partial charge on any atom is 0.223 e. The second-order valence-electron chi connectivity index (χ2n) is 7.72. The first-order chi connectivity index (χ1) is 14.4. The van der Waals surface area contributed by atoms with E-state index in [0.717, 1.165) is 35.1 Å². The van der Waals surface area contributed by atoms with Crippen molar-refractivity contribution >= 4 is 51.6 Å². The van der Waals surface area contributed by atoms with Crippen molar-refractivity contribution in [2.24, 2.45) is 5.92 Å². The predicted molar refractivity (Wildman–Crippen MR) is 119 cm³/mol. The summed E-state index contributed by atoms with van der Waals surface area (Å²) in [5, 5.41) is 8.03. The average molecular weight is 448 g/mol. The van der Waals surface area contributed by atoms with Crippen LogP contribution in [0.15, 0.2) is 18.5 Å². The smallest absolute Gasteiger partial charge is 0.223 e. The van der Waals surface area contributed by atoms with Crippen molar-refractivity contribution in [1.82, 2.24) is 20.3 Å². The number of aromatic nitrogens is 3. The third kappa shape index (κ3) is 3.91. The minimum atomic E-state index is -0.0773. The Morgan fingerprint density at radius 2 is 2.03 bits per heavy atom. The zero-order valence-electron chi connectivity index (χ0n) is 17.0. The Kier molecular flexibility index (Phi) is 5.75. The number of carbonyl (C=O) groups excluding carboxylic acids is 1. The Morgan fingerprint density at radius 3 is 2.77 bits per heavy atom. The van der Waals surface area contributed by atoms with Crippen molar-refractivity contribution in [3.8, 4) is 5.75 Å². The summed E-state index contributed by atoms with van der Waals surface area (Å²) in [5.74, 6) is 1.18. The minimum absolute atomic E-state index is 0.0773. The van der Waals surface area contributed by atoms with Crippen molar-refractivity contribution in [2.45, 2.75) is 39.2 Å². The fraction of sp³-hybridized carbons (Fsp3) is 0.381. The molecule has 2 heterocycles. The number of nitrogens with zero attached hydrogens (tertiary/aromatic N) is 2. The highest BCUT2D eigenvalue weighted by Crippen LogP contribution is 2.39. The molecule has 30 heavy (non-hydrogen) atoms. The van der Waals surface area contributed by atoms with E-state index in [1.54, 1.807) is 19.2 Å². The van der Waals surface area contributed by atoms with Crippen molar-refractivity contribution in [2.75, 3.05) is 12.4 Å². The monoisotopic (exact) mass is 447 g/mol. The molecule has 3 aromatic rings. The number of nitrogens with one attached hydrogen (secondary N) is 3. The van der Waals surface area contributed by atoms with Gasteiger partial charge in [0.1, 0.15) is 23.5 Å². The molecule has 2 aromatic heterocycles. The normalized spacial score (nSPS) is 15.9. The summed E-state index contributed by atoms with van der Waals surface area (Å²) in [7, 11) is 1.57. The first-order valence-electron chi connectivity index (χ1n) is 9.82. The van der Waals surface area contributed by atoms with Crippen LogP contribution in [0.4, 0.5) is 11.5 Å². The number of hydrogen-bond donors (Lipinski definition) is 3. The van der Waals surface area contributed by atoms with E-state index >= 15 is 0 Å². The number of H-pyrrole nitrogens is 1. The van der Waals surface area contributed by atoms with Gasteiger partial charge in [-0.05, 0) is 44.7 Å². The number of amides is 1. The third-order valence-corrected chi connectivity index (χ3v) is 6.00. The zero-order valence-corrected chi connectivity index (χ0v) is 18.5. The second kappa shape index (κ2) is 8.32. The van der Waals surface area contributed by atoms with E-state index in [1.165, 1.54) is 6.33 Å². The highest BCUT2D eigenvalue weighted by molar-refractivity contribution is 6.42. The number of aryl methyl sites for hydroxylation is 1. The molecule has 1 aliphatic rings. The summed E-state index contributed by atoms with van der Waals surface area (Å²) in [6.07, 6.45) is 3.72. The first-order valence-corrected chi connectivity index (χ1v) is 10.6. The Morgan fingerprint density at radius 1 is 1.27 bits per heavy atom. The molecule has 3 N–H and O–H groups in total. The van der Waals surface area contributed by atoms with E-state index in [0.29, 0.717) is 33.7 Å². The highest BCUT2D eigenvalue weighted by Gasteiger charge is 2.29. The Bertz CT molecular complexity index is 1110. The summed E-state index contributed by atoms with van der Waals surface area (Å²) >= 11 is 12.3. The summed E-state index contributed by atoms with van der Waals surface area (Å²) < 4.78 is 5.44. The van der Waals surface area contributed by atoms with Crippen molar-refractivity contribution in [1.29, 1.82) is 0 Å². The van der Waals surface area contributed by atoms with Gasteiger partial charge < -0.3 is 20.4 Å². The van der Waals surface area contributed by atoms with Crippen LogP contribution in [0.1, 0.15) is 31.5 Å². The van der Waals surface area contributed by atoms with Crippen LogP contribution in [0.5, 0.6) is 5.75 Å². The van der Waals surface area contributed by atoms with Crippen LogP contribution in [-0.2, 0) is 17.6 Å². The number of carbonyl (C=O) groups is 1. The van der Waals surface area contributed by atoms with Gasteiger partial charge in [0.15, 0.2) is 0 Å². The molecule has 0 bridgehead atoms. The van der Waals surface area contributed by atoms with Gasteiger partial charge in [-0.25, -0.2) is 9.97 Å². The van der Waals surface area contributed by atoms with Crippen molar-refractivity contribution < 1.29 is 9.53 Å². The molecule has 0 spiro atoms. The Balaban J connectivity index is 1.73. The van der Waals surface area contributed by atoms with Gasteiger partial charge in [0, 0.05) is 23.7 Å². The van der Waals surface area contributed by atoms with Gasteiger partial charge in [-0.1, -0.05) is 23.2 Å². The third-order valence-electron chi connectivity index (χ3n) is 5.27. The van der Waals surface area contributed by atoms with E-state index < -0.39 is 0 Å². The molecule has 0 unspecified atom stereocenters. The van der Waals surface area contributed by atoms with Crippen LogP contribution in [0.3, 0.4) is 0 Å². The fourth-order valence-corrected chi connectivity index (χ4v) is 4.20. The molecule has 1 aromatic carbocycles. The van der Waals surface area contributed by atoms with Gasteiger partial charge >= 0.3 is 0 Å². The predicted octanol–water partition coefficient (Wildman–Crippen LogP) is 4.65. The Labute approximate surface area is 184 Å². The van der Waals surface area contributed by atoms with Crippen LogP contribution < -0.4 is 15.4 Å². The number of rotatable bonds is 5. The number of hydrogen-bond acceptors (Lipinski definition) is 5. The lowest BCUT2D eigenvalue weighted by Gasteiger charge is -2.23. The summed E-state index contributed by atoms with van der Waals surface area (Å²) in [5.41, 5.74) is 3.55. The lowest BCUT2D eigenvalue weighted by atomic mass is 9.86. The van der Waals surface area contributed by atoms with Crippen molar-refractivity contribution in [3.63, 3.8) is 0 Å². The lowest BCUT2D eigenvalue weighted by molar-refractivity contribution is -0.125. The number of anilines is 2. The number of fused-ring (bicyclic) bond motifs is 3. The fourth-order valence-electron chi connectivity index (χ4n) is 3.88. The quantitative estimate of drug-likeness (QED) is 0.529. The van der Waals surface area contributed by atoms with E-state index in [2.05, 4.69) is 25.6 Å². The average Bonchev–Trinajstić information content (AvgIpc) is 3.08. The molecule has 9 heteroatoms. The van der Waals surface area contributed by atoms with Gasteiger partial charge in [0.25, 0.3) is 0 Å². The van der Waals surface area contributed by atoms with Crippen LogP contribution in [0, 0.1) is 5.92 Å². The summed E-state index contributed by atoms with van der Waals surface area (Å²) in [6.45, 7) is 3.94. The molecule has 7 nitrogen and oxygen atoms in total. The van der Waals surface area contributed by atoms with Gasteiger partial charge in [-0.15, -0.1) is 0 Å². The molecule has 0 saturated carbocycles. The molecule has 1 aliphatic carbocycles. The van der Waals surface area contributed by atoms with Gasteiger partial charge in [-0.2, -0.15) is 0 Å². The topological polar surface area (TPSA) is 91.9 Å². The van der Waals surface area contributed by atoms with Crippen molar-refractivity contribution in [3.05, 3.63) is 39.8 Å². The highest BCUT2D eigenvalue weighted by atomic mass is 35.5. The van der Waals surface area contributed by atoms with Crippen LogP contribution in [0.25, 0.3) is 11.0 Å². The largest absolute Gasteiger partial charge is 0.495 e. The van der Waals surface area contributed by atoms with E-state index in [-0.39, 0.29) is 17.9 Å². The zero-order chi connectivity index (χ0) is 21.4. The molecule has 0 radical (unpaired) electrons. The number of methoxy groups -OCH3 is 1. The maximum absolute atomic E-state index is 12.6. The number of ether oxygens (including phenoxy) is 1. The van der Waals surface area contributed by atoms with Gasteiger partial charge in [-0.3, -0.25) is 4.79 Å². The van der Waals surface area contributed by atoms with Gasteiger partial charge in [0.2, 0.25) is 5.91 Å². The molecule has 4 rings (SSSR count). The number of halogens is 2. The molecule has 1 atom stereocenters. The first kappa shape index (κ1) is 20.8. The minimum Gasteiger partial charge on any atom is -0.495 e. The van der Waals surface area contributed by atoms with Crippen LogP contribution >= 0.6 is 23.2 Å². The molecule has 0 saturated heterocycles. The van der Waals surface area contributed by atoms with E-state index in [1.807, 2.05) is 13.8 Å². The van der Waals surface area contributed by atoms with Gasteiger partial charge in [0.05, 0.1) is 28.2 Å². The molecule has 0 fully saturated rings. The Hall–Kier alpha value is -2.51. The second-order valence-corrected chi connectivity index (χ2v) is 8.54. The molecule has 0 aliphatic heterocycles. The summed E-state index contributed by atoms with van der Waals surface area (Å²) in [4.78, 5) is 24.8. The SMILES string of the molecule is COc1cc(Cl)c(Cl)cc1Nc1ncnc2[nH]c3c(c12)C[C@@H](C(=O)NC(C)C)CC3.